The lowest BCUT2D eigenvalue weighted by atomic mass is 10.1. The highest BCUT2D eigenvalue weighted by Crippen LogP contribution is 2.17. The molecule has 2 N–H and O–H groups in total. The largest absolute Gasteiger partial charge is 0.492 e. The molecular formula is C13H20BrClN2O. The Hall–Kier alpha value is -0.290. The zero-order valence-electron chi connectivity index (χ0n) is 10.3. The molecule has 1 atom stereocenters. The molecule has 1 saturated heterocycles. The van der Waals surface area contributed by atoms with E-state index in [1.165, 1.54) is 6.42 Å². The summed E-state index contributed by atoms with van der Waals surface area (Å²) in [5.74, 6) is 0.917. The second kappa shape index (κ2) is 8.00. The van der Waals surface area contributed by atoms with Crippen LogP contribution in [0.15, 0.2) is 28.7 Å². The van der Waals surface area contributed by atoms with E-state index in [1.807, 2.05) is 24.3 Å². The van der Waals surface area contributed by atoms with E-state index >= 15 is 0 Å². The Kier molecular flexibility index (Phi) is 7.00. The van der Waals surface area contributed by atoms with E-state index < -0.39 is 0 Å². The van der Waals surface area contributed by atoms with Crippen molar-refractivity contribution in [2.75, 3.05) is 26.2 Å². The Morgan fingerprint density at radius 2 is 2.28 bits per heavy atom. The number of hydrogen-bond acceptors (Lipinski definition) is 3. The van der Waals surface area contributed by atoms with E-state index in [9.17, 15) is 0 Å². The van der Waals surface area contributed by atoms with Crippen LogP contribution in [0.5, 0.6) is 5.75 Å². The molecule has 0 aromatic heterocycles. The molecule has 0 radical (unpaired) electrons. The lowest BCUT2D eigenvalue weighted by molar-refractivity contribution is 0.171. The van der Waals surface area contributed by atoms with Gasteiger partial charge < -0.3 is 10.5 Å². The molecule has 1 unspecified atom stereocenters. The van der Waals surface area contributed by atoms with Crippen LogP contribution in [0.4, 0.5) is 0 Å². The van der Waals surface area contributed by atoms with Gasteiger partial charge in [0.05, 0.1) is 0 Å². The number of ether oxygens (including phenoxy) is 1. The van der Waals surface area contributed by atoms with Crippen molar-refractivity contribution in [1.29, 1.82) is 0 Å². The smallest absolute Gasteiger partial charge is 0.120 e. The SMILES string of the molecule is Cl.NC1CCCN(CCOc2cccc(Br)c2)C1. The predicted octanol–water partition coefficient (Wildman–Crippen LogP) is 2.67. The van der Waals surface area contributed by atoms with Crippen LogP contribution in [0.3, 0.4) is 0 Å². The first-order valence-corrected chi connectivity index (χ1v) is 6.89. The number of halogens is 2. The Morgan fingerprint density at radius 1 is 1.44 bits per heavy atom. The number of nitrogens with two attached hydrogens (primary N) is 1. The summed E-state index contributed by atoms with van der Waals surface area (Å²) in [6.45, 7) is 3.83. The first-order chi connectivity index (χ1) is 8.24. The first kappa shape index (κ1) is 15.8. The standard InChI is InChI=1S/C13H19BrN2O.ClH/c14-11-3-1-5-13(9-11)17-8-7-16-6-2-4-12(15)10-16;/h1,3,5,9,12H,2,4,6-8,10,15H2;1H. The minimum atomic E-state index is 0. The van der Waals surface area contributed by atoms with Crippen molar-refractivity contribution >= 4 is 28.3 Å². The van der Waals surface area contributed by atoms with Gasteiger partial charge in [-0.05, 0) is 37.6 Å². The minimum absolute atomic E-state index is 0. The van der Waals surface area contributed by atoms with Gasteiger partial charge in [-0.2, -0.15) is 0 Å². The topological polar surface area (TPSA) is 38.5 Å². The zero-order chi connectivity index (χ0) is 12.1. The van der Waals surface area contributed by atoms with Crippen molar-refractivity contribution in [3.63, 3.8) is 0 Å². The average Bonchev–Trinajstić information content (AvgIpc) is 2.29. The maximum Gasteiger partial charge on any atom is 0.120 e. The molecule has 2 rings (SSSR count). The third kappa shape index (κ3) is 5.14. The first-order valence-electron chi connectivity index (χ1n) is 6.10. The summed E-state index contributed by atoms with van der Waals surface area (Å²) in [5.41, 5.74) is 5.94. The molecule has 5 heteroatoms. The van der Waals surface area contributed by atoms with Crippen molar-refractivity contribution in [2.45, 2.75) is 18.9 Å². The molecule has 0 bridgehead atoms. The monoisotopic (exact) mass is 334 g/mol. The van der Waals surface area contributed by atoms with Gasteiger partial charge in [0.15, 0.2) is 0 Å². The van der Waals surface area contributed by atoms with Gasteiger partial charge in [-0.1, -0.05) is 22.0 Å². The van der Waals surface area contributed by atoms with E-state index in [0.29, 0.717) is 6.04 Å². The van der Waals surface area contributed by atoms with Crippen molar-refractivity contribution in [1.82, 2.24) is 4.90 Å². The van der Waals surface area contributed by atoms with Crippen molar-refractivity contribution < 1.29 is 4.74 Å². The summed E-state index contributed by atoms with van der Waals surface area (Å²) in [6, 6.07) is 8.29. The van der Waals surface area contributed by atoms with Crippen LogP contribution in [0.2, 0.25) is 0 Å². The molecule has 0 spiro atoms. The molecule has 102 valence electrons. The van der Waals surface area contributed by atoms with Crippen LogP contribution in [0.1, 0.15) is 12.8 Å². The molecular weight excluding hydrogens is 316 g/mol. The summed E-state index contributed by atoms with van der Waals surface area (Å²) in [5, 5.41) is 0. The Bertz CT molecular complexity index is 365. The van der Waals surface area contributed by atoms with Gasteiger partial charge >= 0.3 is 0 Å². The van der Waals surface area contributed by atoms with E-state index in [4.69, 9.17) is 10.5 Å². The Labute approximate surface area is 123 Å². The quantitative estimate of drug-likeness (QED) is 0.919. The molecule has 0 aliphatic carbocycles. The van der Waals surface area contributed by atoms with Crippen LogP contribution in [0.25, 0.3) is 0 Å². The Morgan fingerprint density at radius 3 is 3.00 bits per heavy atom. The second-order valence-corrected chi connectivity index (χ2v) is 5.42. The number of nitrogens with zero attached hydrogens (tertiary/aromatic N) is 1. The highest BCUT2D eigenvalue weighted by Gasteiger charge is 2.15. The number of benzene rings is 1. The van der Waals surface area contributed by atoms with Crippen molar-refractivity contribution in [3.05, 3.63) is 28.7 Å². The number of piperidine rings is 1. The summed E-state index contributed by atoms with van der Waals surface area (Å²) in [7, 11) is 0. The summed E-state index contributed by atoms with van der Waals surface area (Å²) < 4.78 is 6.76. The van der Waals surface area contributed by atoms with Crippen LogP contribution < -0.4 is 10.5 Å². The molecule has 1 aliphatic rings. The minimum Gasteiger partial charge on any atom is -0.492 e. The number of hydrogen-bond donors (Lipinski definition) is 1. The molecule has 0 saturated carbocycles. The van der Waals surface area contributed by atoms with Crippen molar-refractivity contribution in [3.8, 4) is 5.75 Å². The lowest BCUT2D eigenvalue weighted by Crippen LogP contribution is -2.44. The molecule has 0 amide bonds. The highest BCUT2D eigenvalue weighted by atomic mass is 79.9. The Balaban J connectivity index is 0.00000162. The normalized spacial score (nSPS) is 20.2. The van der Waals surface area contributed by atoms with E-state index in [2.05, 4.69) is 20.8 Å². The fourth-order valence-corrected chi connectivity index (χ4v) is 2.52. The lowest BCUT2D eigenvalue weighted by Gasteiger charge is -2.30. The van der Waals surface area contributed by atoms with Gasteiger partial charge in [-0.25, -0.2) is 0 Å². The highest BCUT2D eigenvalue weighted by molar-refractivity contribution is 9.10. The van der Waals surface area contributed by atoms with E-state index in [-0.39, 0.29) is 12.4 Å². The number of rotatable bonds is 4. The molecule has 1 aromatic rings. The third-order valence-electron chi connectivity index (χ3n) is 3.01. The van der Waals surface area contributed by atoms with Gasteiger partial charge in [0, 0.05) is 23.6 Å². The predicted molar refractivity (Wildman–Crippen MR) is 80.5 cm³/mol. The maximum absolute atomic E-state index is 5.94. The van der Waals surface area contributed by atoms with Gasteiger partial charge in [0.25, 0.3) is 0 Å². The summed E-state index contributed by atoms with van der Waals surface area (Å²) >= 11 is 3.43. The third-order valence-corrected chi connectivity index (χ3v) is 3.51. The van der Waals surface area contributed by atoms with Crippen LogP contribution in [-0.4, -0.2) is 37.2 Å². The fourth-order valence-electron chi connectivity index (χ4n) is 2.14. The van der Waals surface area contributed by atoms with Crippen molar-refractivity contribution in [2.24, 2.45) is 5.73 Å². The molecule has 1 heterocycles. The summed E-state index contributed by atoms with van der Waals surface area (Å²) in [6.07, 6.45) is 2.36. The fraction of sp³-hybridized carbons (Fsp3) is 0.538. The van der Waals surface area contributed by atoms with E-state index in [1.54, 1.807) is 0 Å². The van der Waals surface area contributed by atoms with Crippen LogP contribution >= 0.6 is 28.3 Å². The van der Waals surface area contributed by atoms with Gasteiger partial charge in [-0.3, -0.25) is 4.90 Å². The molecule has 3 nitrogen and oxygen atoms in total. The van der Waals surface area contributed by atoms with E-state index in [0.717, 1.165) is 42.9 Å². The van der Waals surface area contributed by atoms with Gasteiger partial charge in [0.1, 0.15) is 12.4 Å². The maximum atomic E-state index is 5.94. The second-order valence-electron chi connectivity index (χ2n) is 4.51. The van der Waals surface area contributed by atoms with Crippen LogP contribution in [-0.2, 0) is 0 Å². The average molecular weight is 336 g/mol. The van der Waals surface area contributed by atoms with Crippen LogP contribution in [0, 0.1) is 0 Å². The molecule has 1 aliphatic heterocycles. The molecule has 1 aromatic carbocycles. The zero-order valence-corrected chi connectivity index (χ0v) is 12.8. The van der Waals surface area contributed by atoms with Gasteiger partial charge in [0.2, 0.25) is 0 Å². The molecule has 1 fully saturated rings. The van der Waals surface area contributed by atoms with Gasteiger partial charge in [-0.15, -0.1) is 12.4 Å². The summed E-state index contributed by atoms with van der Waals surface area (Å²) in [4.78, 5) is 2.38. The number of likely N-dealkylation sites (tertiary alicyclic amines) is 1. The molecule has 18 heavy (non-hydrogen) atoms.